The van der Waals surface area contributed by atoms with E-state index in [1.165, 1.54) is 17.8 Å². The van der Waals surface area contributed by atoms with Gasteiger partial charge in [0.15, 0.2) is 5.60 Å². The van der Waals surface area contributed by atoms with Crippen molar-refractivity contribution in [3.8, 4) is 6.07 Å². The molecule has 6 nitrogen and oxygen atoms in total. The number of imidazole rings is 1. The zero-order chi connectivity index (χ0) is 20.0. The van der Waals surface area contributed by atoms with Crippen LogP contribution in [0.15, 0.2) is 23.3 Å². The van der Waals surface area contributed by atoms with Gasteiger partial charge in [-0.3, -0.25) is 14.1 Å². The molecule has 0 amide bonds. The van der Waals surface area contributed by atoms with Gasteiger partial charge in [-0.15, -0.1) is 0 Å². The molecule has 2 aromatic heterocycles. The Morgan fingerprint density at radius 2 is 2.11 bits per heavy atom. The van der Waals surface area contributed by atoms with Crippen LogP contribution in [0.4, 0.5) is 13.2 Å². The molecule has 0 aromatic carbocycles. The van der Waals surface area contributed by atoms with Gasteiger partial charge in [0.25, 0.3) is 0 Å². The predicted molar refractivity (Wildman–Crippen MR) is 90.8 cm³/mol. The van der Waals surface area contributed by atoms with Gasteiger partial charge < -0.3 is 5.11 Å². The summed E-state index contributed by atoms with van der Waals surface area (Å²) >= 11 is 0. The highest BCUT2D eigenvalue weighted by Gasteiger charge is 2.50. The second-order valence-electron chi connectivity index (χ2n) is 6.76. The maximum atomic E-state index is 13.0. The summed E-state index contributed by atoms with van der Waals surface area (Å²) in [5.41, 5.74) is -2.55. The average Bonchev–Trinajstić information content (AvgIpc) is 2.85. The highest BCUT2D eigenvalue weighted by Crippen LogP contribution is 2.31. The monoisotopic (exact) mass is 378 g/mol. The van der Waals surface area contributed by atoms with Crippen molar-refractivity contribution in [2.75, 3.05) is 0 Å². The summed E-state index contributed by atoms with van der Waals surface area (Å²) < 4.78 is 41.3. The van der Waals surface area contributed by atoms with E-state index in [1.807, 2.05) is 0 Å². The molecule has 1 N–H and O–H groups in total. The van der Waals surface area contributed by atoms with Gasteiger partial charge in [-0.05, 0) is 25.0 Å². The first kappa shape index (κ1) is 18.9. The Labute approximate surface area is 152 Å². The van der Waals surface area contributed by atoms with Gasteiger partial charge in [0.1, 0.15) is 0 Å². The lowest BCUT2D eigenvalue weighted by Crippen LogP contribution is -2.50. The number of nitriles is 1. The maximum Gasteiger partial charge on any atom is 0.418 e. The Kier molecular flexibility index (Phi) is 4.48. The molecule has 2 unspecified atom stereocenters. The smallest absolute Gasteiger partial charge is 0.379 e. The normalized spacial score (nSPS) is 18.6. The minimum atomic E-state index is -4.87. The van der Waals surface area contributed by atoms with Gasteiger partial charge >= 0.3 is 11.9 Å². The summed E-state index contributed by atoms with van der Waals surface area (Å²) in [6.07, 6.45) is 2.00. The minimum absolute atomic E-state index is 0.231. The lowest BCUT2D eigenvalue weighted by Gasteiger charge is -2.26. The number of nitrogens with zero attached hydrogens (tertiary/aromatic N) is 4. The minimum Gasteiger partial charge on any atom is -0.379 e. The van der Waals surface area contributed by atoms with Crippen LogP contribution < -0.4 is 16.4 Å². The van der Waals surface area contributed by atoms with Crippen molar-refractivity contribution in [1.82, 2.24) is 14.1 Å². The maximum absolute atomic E-state index is 13.0. The largest absolute Gasteiger partial charge is 0.418 e. The third-order valence-corrected chi connectivity index (χ3v) is 4.81. The van der Waals surface area contributed by atoms with Crippen molar-refractivity contribution in [3.05, 3.63) is 50.8 Å². The molecule has 27 heavy (non-hydrogen) atoms. The fourth-order valence-electron chi connectivity index (χ4n) is 3.18. The number of aromatic nitrogens is 3. The van der Waals surface area contributed by atoms with Crippen LogP contribution in [-0.2, 0) is 13.6 Å². The molecule has 142 valence electrons. The molecule has 2 atom stereocenters. The molecule has 0 fully saturated rings. The quantitative estimate of drug-likeness (QED) is 0.844. The van der Waals surface area contributed by atoms with Crippen LogP contribution in [0.5, 0.6) is 0 Å². The molecule has 3 rings (SSSR count). The van der Waals surface area contributed by atoms with Crippen LogP contribution in [0.1, 0.15) is 30.4 Å². The number of hydrogen-bond donors (Lipinski definition) is 1. The molecule has 0 aliphatic heterocycles. The van der Waals surface area contributed by atoms with Crippen LogP contribution >= 0.6 is 0 Å². The molecule has 0 saturated heterocycles. The topological polar surface area (TPSA) is 83.8 Å². The van der Waals surface area contributed by atoms with E-state index in [0.717, 1.165) is 4.57 Å². The van der Waals surface area contributed by atoms with Crippen molar-refractivity contribution in [2.45, 2.75) is 37.6 Å². The zero-order valence-corrected chi connectivity index (χ0v) is 14.7. The molecule has 2 heterocycles. The van der Waals surface area contributed by atoms with Gasteiger partial charge in [-0.25, -0.2) is 4.79 Å². The summed E-state index contributed by atoms with van der Waals surface area (Å²) in [5, 5.41) is 19.8. The van der Waals surface area contributed by atoms with Gasteiger partial charge in [-0.2, -0.15) is 18.4 Å². The Hall–Kier alpha value is -2.86. The first-order valence-electron chi connectivity index (χ1n) is 8.17. The Morgan fingerprint density at radius 1 is 1.41 bits per heavy atom. The molecule has 0 spiro atoms. The highest BCUT2D eigenvalue weighted by molar-refractivity contribution is 5.51. The average molecular weight is 378 g/mol. The zero-order valence-electron chi connectivity index (χ0n) is 14.7. The fourth-order valence-corrected chi connectivity index (χ4v) is 3.18. The van der Waals surface area contributed by atoms with E-state index in [-0.39, 0.29) is 5.92 Å². The van der Waals surface area contributed by atoms with Crippen LogP contribution in [0.25, 0.3) is 12.2 Å². The molecule has 2 aromatic rings. The Balaban J connectivity index is 2.12. The summed E-state index contributed by atoms with van der Waals surface area (Å²) in [6, 6.07) is 3.68. The van der Waals surface area contributed by atoms with Crippen LogP contribution in [0, 0.1) is 11.3 Å². The van der Waals surface area contributed by atoms with Crippen molar-refractivity contribution in [2.24, 2.45) is 7.05 Å². The predicted octanol–water partition coefficient (Wildman–Crippen LogP) is 0.515. The molecule has 1 aliphatic carbocycles. The molecular weight excluding hydrogens is 361 g/mol. The third-order valence-electron chi connectivity index (χ3n) is 4.81. The second kappa shape index (κ2) is 6.39. The van der Waals surface area contributed by atoms with Gasteiger partial charge in [0.05, 0.1) is 28.9 Å². The number of rotatable bonds is 3. The van der Waals surface area contributed by atoms with Crippen LogP contribution in [0.2, 0.25) is 0 Å². The molecular formula is C18H17F3N4O2. The van der Waals surface area contributed by atoms with Crippen molar-refractivity contribution in [1.29, 1.82) is 5.26 Å². The Bertz CT molecular complexity index is 1100. The van der Waals surface area contributed by atoms with Crippen LogP contribution in [-0.4, -0.2) is 31.0 Å². The lowest BCUT2D eigenvalue weighted by atomic mass is 9.91. The summed E-state index contributed by atoms with van der Waals surface area (Å²) in [5.74, 6) is -0.231. The Morgan fingerprint density at radius 3 is 2.74 bits per heavy atom. The van der Waals surface area contributed by atoms with E-state index in [9.17, 15) is 28.3 Å². The molecule has 0 saturated carbocycles. The standard InChI is InChI=1S/C18H17F3N4O2/c1-17(27,18(19,20)21)10-25-14-4-3-11(7-15(14)24(2)16(25)26)13-9-23-6-5-12(13)8-22/h4-7,9,11,27H,3,10H2,1-2H3. The summed E-state index contributed by atoms with van der Waals surface area (Å²) in [4.78, 5) is 16.5. The van der Waals surface area contributed by atoms with Crippen molar-refractivity contribution < 1.29 is 18.3 Å². The van der Waals surface area contributed by atoms with E-state index in [2.05, 4.69) is 11.1 Å². The molecule has 0 bridgehead atoms. The fraction of sp³-hybridized carbons (Fsp3) is 0.389. The number of pyridine rings is 1. The van der Waals surface area contributed by atoms with E-state index in [4.69, 9.17) is 0 Å². The van der Waals surface area contributed by atoms with Crippen molar-refractivity contribution in [3.63, 3.8) is 0 Å². The van der Waals surface area contributed by atoms with Gasteiger partial charge in [-0.1, -0.05) is 12.2 Å². The number of alkyl halides is 3. The summed E-state index contributed by atoms with van der Waals surface area (Å²) in [7, 11) is 1.46. The number of aliphatic hydroxyl groups is 1. The van der Waals surface area contributed by atoms with Crippen LogP contribution in [0.3, 0.4) is 0 Å². The van der Waals surface area contributed by atoms with E-state index >= 15 is 0 Å². The first-order valence-corrected chi connectivity index (χ1v) is 8.17. The first-order chi connectivity index (χ1) is 12.6. The van der Waals surface area contributed by atoms with Gasteiger partial charge in [0.2, 0.25) is 0 Å². The third kappa shape index (κ3) is 3.17. The number of fused-ring (bicyclic) bond motifs is 1. The lowest BCUT2D eigenvalue weighted by molar-refractivity contribution is -0.257. The molecule has 0 radical (unpaired) electrons. The number of halogens is 3. The van der Waals surface area contributed by atoms with E-state index in [0.29, 0.717) is 35.2 Å². The van der Waals surface area contributed by atoms with Crippen molar-refractivity contribution >= 4 is 12.2 Å². The van der Waals surface area contributed by atoms with E-state index in [1.54, 1.807) is 24.4 Å². The number of hydrogen-bond acceptors (Lipinski definition) is 4. The molecule has 9 heteroatoms. The second-order valence-corrected chi connectivity index (χ2v) is 6.76. The molecule has 1 aliphatic rings. The highest BCUT2D eigenvalue weighted by atomic mass is 19.4. The summed E-state index contributed by atoms with van der Waals surface area (Å²) in [6.45, 7) is -0.257. The van der Waals surface area contributed by atoms with Gasteiger partial charge in [0, 0.05) is 25.4 Å². The van der Waals surface area contributed by atoms with E-state index < -0.39 is 24.0 Å². The SMILES string of the molecule is Cn1c2c(n(CC(C)(O)C(F)(F)F)c1=O)=CCC(c1cnccc1C#N)C=2.